The summed E-state index contributed by atoms with van der Waals surface area (Å²) in [6, 6.07) is 2.33. The van der Waals surface area contributed by atoms with E-state index in [2.05, 4.69) is 26.1 Å². The maximum atomic E-state index is 9.24. The zero-order valence-electron chi connectivity index (χ0n) is 9.73. The highest BCUT2D eigenvalue weighted by atomic mass is 16.3. The molecule has 0 bridgehead atoms. The van der Waals surface area contributed by atoms with Crippen LogP contribution in [-0.2, 0) is 0 Å². The van der Waals surface area contributed by atoms with Crippen LogP contribution in [0.5, 0.6) is 0 Å². The van der Waals surface area contributed by atoms with Gasteiger partial charge in [0.25, 0.3) is 0 Å². The highest BCUT2D eigenvalue weighted by molar-refractivity contribution is 5.10. The molecule has 1 aromatic heterocycles. The minimum Gasteiger partial charge on any atom is -0.472 e. The molecule has 0 amide bonds. The Kier molecular flexibility index (Phi) is 4.85. The fraction of sp³-hybridized carbons (Fsp3) is 0.667. The molecule has 0 saturated carbocycles. The summed E-state index contributed by atoms with van der Waals surface area (Å²) in [5.41, 5.74) is 1.12. The summed E-state index contributed by atoms with van der Waals surface area (Å²) in [5, 5.41) is 12.6. The lowest BCUT2D eigenvalue weighted by Gasteiger charge is -2.22. The molecular formula is C12H21NO2. The molecule has 86 valence electrons. The Morgan fingerprint density at radius 3 is 2.60 bits per heavy atom. The van der Waals surface area contributed by atoms with Crippen molar-refractivity contribution in [1.82, 2.24) is 5.32 Å². The van der Waals surface area contributed by atoms with Crippen LogP contribution >= 0.6 is 0 Å². The molecule has 2 atom stereocenters. The minimum absolute atomic E-state index is 0.162. The average molecular weight is 211 g/mol. The van der Waals surface area contributed by atoms with E-state index < -0.39 is 0 Å². The van der Waals surface area contributed by atoms with E-state index in [0.717, 1.165) is 12.0 Å². The van der Waals surface area contributed by atoms with Gasteiger partial charge in [-0.1, -0.05) is 13.8 Å². The lowest BCUT2D eigenvalue weighted by atomic mass is 10.0. The van der Waals surface area contributed by atoms with E-state index in [0.29, 0.717) is 5.92 Å². The van der Waals surface area contributed by atoms with Gasteiger partial charge in [0.15, 0.2) is 0 Å². The van der Waals surface area contributed by atoms with E-state index >= 15 is 0 Å². The highest BCUT2D eigenvalue weighted by Crippen LogP contribution is 2.15. The smallest absolute Gasteiger partial charge is 0.0950 e. The average Bonchev–Trinajstić information content (AvgIpc) is 2.68. The Labute approximate surface area is 91.5 Å². The van der Waals surface area contributed by atoms with E-state index in [9.17, 15) is 5.11 Å². The number of rotatable bonds is 6. The summed E-state index contributed by atoms with van der Waals surface area (Å²) in [6.07, 6.45) is 4.39. The van der Waals surface area contributed by atoms with Gasteiger partial charge in [0.1, 0.15) is 0 Å². The Balaban J connectivity index is 2.44. The van der Waals surface area contributed by atoms with E-state index in [-0.39, 0.29) is 18.7 Å². The van der Waals surface area contributed by atoms with Gasteiger partial charge < -0.3 is 14.8 Å². The molecule has 1 rings (SSSR count). The molecule has 3 heteroatoms. The van der Waals surface area contributed by atoms with Crippen molar-refractivity contribution in [2.45, 2.75) is 39.3 Å². The SMILES string of the molecule is CC(C)CC(CO)NC(C)c1ccoc1. The Morgan fingerprint density at radius 2 is 2.13 bits per heavy atom. The second kappa shape index (κ2) is 5.93. The molecule has 15 heavy (non-hydrogen) atoms. The zero-order valence-corrected chi connectivity index (χ0v) is 9.73. The first-order valence-electron chi connectivity index (χ1n) is 5.52. The Bertz CT molecular complexity index is 257. The fourth-order valence-corrected chi connectivity index (χ4v) is 1.74. The van der Waals surface area contributed by atoms with Crippen molar-refractivity contribution >= 4 is 0 Å². The molecule has 0 radical (unpaired) electrons. The van der Waals surface area contributed by atoms with Gasteiger partial charge in [-0.05, 0) is 25.3 Å². The van der Waals surface area contributed by atoms with Crippen molar-refractivity contribution in [3.63, 3.8) is 0 Å². The third-order valence-corrected chi connectivity index (χ3v) is 2.51. The van der Waals surface area contributed by atoms with Gasteiger partial charge >= 0.3 is 0 Å². The lowest BCUT2D eigenvalue weighted by Crippen LogP contribution is -2.35. The molecule has 0 spiro atoms. The largest absolute Gasteiger partial charge is 0.472 e. The number of hydrogen-bond acceptors (Lipinski definition) is 3. The molecule has 2 N–H and O–H groups in total. The molecule has 0 aromatic carbocycles. The standard InChI is InChI=1S/C12H21NO2/c1-9(2)6-12(7-14)13-10(3)11-4-5-15-8-11/h4-5,8-10,12-14H,6-7H2,1-3H3. The van der Waals surface area contributed by atoms with Crippen LogP contribution in [0.1, 0.15) is 38.8 Å². The van der Waals surface area contributed by atoms with E-state index in [4.69, 9.17) is 4.42 Å². The van der Waals surface area contributed by atoms with Gasteiger partial charge in [-0.3, -0.25) is 0 Å². The van der Waals surface area contributed by atoms with Crippen molar-refractivity contribution in [2.75, 3.05) is 6.61 Å². The number of aliphatic hydroxyl groups is 1. The summed E-state index contributed by atoms with van der Waals surface area (Å²) in [7, 11) is 0. The summed E-state index contributed by atoms with van der Waals surface area (Å²) in [6.45, 7) is 6.58. The Hall–Kier alpha value is -0.800. The normalized spacial score (nSPS) is 15.5. The predicted octanol–water partition coefficient (Wildman–Crippen LogP) is 2.34. The van der Waals surface area contributed by atoms with E-state index in [1.165, 1.54) is 0 Å². The van der Waals surface area contributed by atoms with Gasteiger partial charge in [-0.15, -0.1) is 0 Å². The lowest BCUT2D eigenvalue weighted by molar-refractivity contribution is 0.215. The quantitative estimate of drug-likeness (QED) is 0.759. The topological polar surface area (TPSA) is 45.4 Å². The molecule has 3 nitrogen and oxygen atoms in total. The molecular weight excluding hydrogens is 190 g/mol. The van der Waals surface area contributed by atoms with Gasteiger partial charge in [0, 0.05) is 17.6 Å². The number of nitrogens with one attached hydrogen (secondary N) is 1. The summed E-state index contributed by atoms with van der Waals surface area (Å²) in [5.74, 6) is 0.589. The minimum atomic E-state index is 0.162. The monoisotopic (exact) mass is 211 g/mol. The molecule has 0 fully saturated rings. The van der Waals surface area contributed by atoms with Crippen LogP contribution in [0, 0.1) is 5.92 Å². The van der Waals surface area contributed by atoms with Crippen LogP contribution < -0.4 is 5.32 Å². The van der Waals surface area contributed by atoms with Crippen LogP contribution in [0.3, 0.4) is 0 Å². The predicted molar refractivity (Wildman–Crippen MR) is 60.6 cm³/mol. The van der Waals surface area contributed by atoms with Crippen molar-refractivity contribution in [3.05, 3.63) is 24.2 Å². The van der Waals surface area contributed by atoms with Crippen molar-refractivity contribution in [1.29, 1.82) is 0 Å². The molecule has 2 unspecified atom stereocenters. The highest BCUT2D eigenvalue weighted by Gasteiger charge is 2.14. The number of hydrogen-bond donors (Lipinski definition) is 2. The maximum absolute atomic E-state index is 9.24. The van der Waals surface area contributed by atoms with Crippen LogP contribution in [0.4, 0.5) is 0 Å². The third-order valence-electron chi connectivity index (χ3n) is 2.51. The first-order chi connectivity index (χ1) is 7.13. The van der Waals surface area contributed by atoms with Crippen LogP contribution in [0.25, 0.3) is 0 Å². The summed E-state index contributed by atoms with van der Waals surface area (Å²) >= 11 is 0. The van der Waals surface area contributed by atoms with Crippen LogP contribution in [0.2, 0.25) is 0 Å². The van der Waals surface area contributed by atoms with Crippen molar-refractivity contribution in [3.8, 4) is 0 Å². The van der Waals surface area contributed by atoms with Gasteiger partial charge in [0.2, 0.25) is 0 Å². The summed E-state index contributed by atoms with van der Waals surface area (Å²) in [4.78, 5) is 0. The molecule has 1 heterocycles. The van der Waals surface area contributed by atoms with Gasteiger partial charge in [-0.25, -0.2) is 0 Å². The van der Waals surface area contributed by atoms with Crippen LogP contribution in [0.15, 0.2) is 23.0 Å². The third kappa shape index (κ3) is 4.06. The molecule has 0 aliphatic rings. The zero-order chi connectivity index (χ0) is 11.3. The van der Waals surface area contributed by atoms with E-state index in [1.54, 1.807) is 12.5 Å². The second-order valence-electron chi connectivity index (χ2n) is 4.45. The Morgan fingerprint density at radius 1 is 1.40 bits per heavy atom. The van der Waals surface area contributed by atoms with Crippen molar-refractivity contribution < 1.29 is 9.52 Å². The van der Waals surface area contributed by atoms with E-state index in [1.807, 2.05) is 6.07 Å². The van der Waals surface area contributed by atoms with Gasteiger partial charge in [-0.2, -0.15) is 0 Å². The fourth-order valence-electron chi connectivity index (χ4n) is 1.74. The molecule has 0 aliphatic carbocycles. The van der Waals surface area contributed by atoms with Crippen molar-refractivity contribution in [2.24, 2.45) is 5.92 Å². The van der Waals surface area contributed by atoms with Crippen LogP contribution in [-0.4, -0.2) is 17.8 Å². The number of aliphatic hydroxyl groups excluding tert-OH is 1. The number of furan rings is 1. The summed E-state index contributed by atoms with van der Waals surface area (Å²) < 4.78 is 5.03. The second-order valence-corrected chi connectivity index (χ2v) is 4.45. The first-order valence-corrected chi connectivity index (χ1v) is 5.52. The first kappa shape index (κ1) is 12.3. The molecule has 0 saturated heterocycles. The molecule has 1 aromatic rings. The van der Waals surface area contributed by atoms with Gasteiger partial charge in [0.05, 0.1) is 19.1 Å². The molecule has 0 aliphatic heterocycles. The maximum Gasteiger partial charge on any atom is 0.0950 e.